The minimum absolute atomic E-state index is 0.272. The van der Waals surface area contributed by atoms with Crippen LogP contribution in [0.5, 0.6) is 0 Å². The average molecular weight is 268 g/mol. The molecular formula is C12H14ClN3S. The van der Waals surface area contributed by atoms with Crippen LogP contribution in [0.4, 0.5) is 0 Å². The van der Waals surface area contributed by atoms with E-state index in [1.165, 1.54) is 5.56 Å². The molecule has 5 heteroatoms. The molecule has 0 saturated carbocycles. The van der Waals surface area contributed by atoms with Crippen molar-refractivity contribution in [3.63, 3.8) is 0 Å². The zero-order chi connectivity index (χ0) is 12.3. The van der Waals surface area contributed by atoms with Crippen LogP contribution in [0.15, 0.2) is 23.7 Å². The number of hydrogen-bond donors (Lipinski definition) is 1. The van der Waals surface area contributed by atoms with Gasteiger partial charge in [0, 0.05) is 18.8 Å². The molecule has 0 saturated heterocycles. The van der Waals surface area contributed by atoms with E-state index in [-0.39, 0.29) is 6.04 Å². The molecule has 2 heterocycles. The SMILES string of the molecule is Cc1nccc(CNC(C)c2csc(Cl)c2)n1. The minimum Gasteiger partial charge on any atom is -0.305 e. The van der Waals surface area contributed by atoms with E-state index in [9.17, 15) is 0 Å². The van der Waals surface area contributed by atoms with Gasteiger partial charge < -0.3 is 5.32 Å². The van der Waals surface area contributed by atoms with Crippen molar-refractivity contribution in [1.82, 2.24) is 15.3 Å². The first-order chi connectivity index (χ1) is 8.15. The summed E-state index contributed by atoms with van der Waals surface area (Å²) in [7, 11) is 0. The van der Waals surface area contributed by atoms with E-state index in [0.717, 1.165) is 22.4 Å². The first-order valence-corrected chi connectivity index (χ1v) is 6.67. The van der Waals surface area contributed by atoms with Gasteiger partial charge in [0.25, 0.3) is 0 Å². The number of halogens is 1. The van der Waals surface area contributed by atoms with Gasteiger partial charge >= 0.3 is 0 Å². The molecule has 1 N–H and O–H groups in total. The number of aromatic nitrogens is 2. The van der Waals surface area contributed by atoms with Gasteiger partial charge in [0.05, 0.1) is 10.0 Å². The lowest BCUT2D eigenvalue weighted by molar-refractivity contribution is 0.567. The molecule has 0 amide bonds. The largest absolute Gasteiger partial charge is 0.305 e. The van der Waals surface area contributed by atoms with Crippen LogP contribution < -0.4 is 5.32 Å². The molecule has 0 spiro atoms. The second-order valence-electron chi connectivity index (χ2n) is 3.88. The Morgan fingerprint density at radius 1 is 1.53 bits per heavy atom. The highest BCUT2D eigenvalue weighted by Gasteiger charge is 2.07. The van der Waals surface area contributed by atoms with Crippen molar-refractivity contribution in [3.8, 4) is 0 Å². The number of nitrogens with one attached hydrogen (secondary N) is 1. The van der Waals surface area contributed by atoms with E-state index in [1.54, 1.807) is 17.5 Å². The summed E-state index contributed by atoms with van der Waals surface area (Å²) in [5.74, 6) is 0.801. The maximum Gasteiger partial charge on any atom is 0.125 e. The molecular weight excluding hydrogens is 254 g/mol. The summed E-state index contributed by atoms with van der Waals surface area (Å²) < 4.78 is 0.825. The standard InChI is InChI=1S/C12H14ClN3S/c1-8(10-5-12(13)17-7-10)15-6-11-3-4-14-9(2)16-11/h3-5,7-8,15H,6H2,1-2H3. The Bertz CT molecular complexity index is 498. The monoisotopic (exact) mass is 267 g/mol. The molecule has 17 heavy (non-hydrogen) atoms. The highest BCUT2D eigenvalue weighted by atomic mass is 35.5. The summed E-state index contributed by atoms with van der Waals surface area (Å²) >= 11 is 7.47. The van der Waals surface area contributed by atoms with Crippen molar-refractivity contribution >= 4 is 22.9 Å². The summed E-state index contributed by atoms with van der Waals surface area (Å²) in [6, 6.07) is 4.19. The van der Waals surface area contributed by atoms with Crippen LogP contribution in [0.3, 0.4) is 0 Å². The number of nitrogens with zero attached hydrogens (tertiary/aromatic N) is 2. The van der Waals surface area contributed by atoms with Gasteiger partial charge in [0.1, 0.15) is 5.82 Å². The first kappa shape index (κ1) is 12.5. The minimum atomic E-state index is 0.272. The van der Waals surface area contributed by atoms with E-state index in [2.05, 4.69) is 27.6 Å². The maximum absolute atomic E-state index is 5.91. The van der Waals surface area contributed by atoms with Crippen molar-refractivity contribution in [3.05, 3.63) is 45.1 Å². The van der Waals surface area contributed by atoms with Gasteiger partial charge in [-0.3, -0.25) is 0 Å². The van der Waals surface area contributed by atoms with Crippen molar-refractivity contribution in [2.45, 2.75) is 26.4 Å². The highest BCUT2D eigenvalue weighted by molar-refractivity contribution is 7.14. The number of rotatable bonds is 4. The van der Waals surface area contributed by atoms with E-state index in [0.29, 0.717) is 0 Å². The normalized spacial score (nSPS) is 12.6. The van der Waals surface area contributed by atoms with Crippen molar-refractivity contribution < 1.29 is 0 Å². The average Bonchev–Trinajstić information content (AvgIpc) is 2.73. The molecule has 3 nitrogen and oxygen atoms in total. The molecule has 1 unspecified atom stereocenters. The van der Waals surface area contributed by atoms with Gasteiger partial charge in [-0.1, -0.05) is 11.6 Å². The molecule has 90 valence electrons. The second-order valence-corrected chi connectivity index (χ2v) is 5.42. The van der Waals surface area contributed by atoms with Crippen LogP contribution in [0, 0.1) is 6.92 Å². The van der Waals surface area contributed by atoms with Gasteiger partial charge in [0.15, 0.2) is 0 Å². The lowest BCUT2D eigenvalue weighted by Gasteiger charge is -2.11. The second kappa shape index (κ2) is 5.58. The molecule has 2 aromatic heterocycles. The predicted octanol–water partition coefficient (Wildman–Crippen LogP) is 3.35. The molecule has 0 aliphatic rings. The van der Waals surface area contributed by atoms with Crippen molar-refractivity contribution in [2.75, 3.05) is 0 Å². The molecule has 0 aliphatic heterocycles. The molecule has 0 aromatic carbocycles. The third-order valence-corrected chi connectivity index (χ3v) is 3.62. The van der Waals surface area contributed by atoms with Gasteiger partial charge in [-0.05, 0) is 36.9 Å². The molecule has 0 aliphatic carbocycles. The molecule has 1 atom stereocenters. The zero-order valence-electron chi connectivity index (χ0n) is 9.77. The zero-order valence-corrected chi connectivity index (χ0v) is 11.3. The van der Waals surface area contributed by atoms with Gasteiger partial charge in [-0.2, -0.15) is 0 Å². The Morgan fingerprint density at radius 3 is 3.00 bits per heavy atom. The summed E-state index contributed by atoms with van der Waals surface area (Å²) in [4.78, 5) is 8.42. The van der Waals surface area contributed by atoms with Gasteiger partial charge in [0.2, 0.25) is 0 Å². The fourth-order valence-corrected chi connectivity index (χ4v) is 2.51. The smallest absolute Gasteiger partial charge is 0.125 e. The van der Waals surface area contributed by atoms with E-state index < -0.39 is 0 Å². The summed E-state index contributed by atoms with van der Waals surface area (Å²) in [5, 5.41) is 5.49. The topological polar surface area (TPSA) is 37.8 Å². The first-order valence-electron chi connectivity index (χ1n) is 5.41. The lowest BCUT2D eigenvalue weighted by Crippen LogP contribution is -2.18. The fourth-order valence-electron chi connectivity index (χ4n) is 1.53. The Labute approximate surface area is 110 Å². The Kier molecular flexibility index (Phi) is 4.10. The Balaban J connectivity index is 1.94. The Hall–Kier alpha value is -0.970. The van der Waals surface area contributed by atoms with Crippen LogP contribution in [-0.2, 0) is 6.54 Å². The number of thiophene rings is 1. The molecule has 2 aromatic rings. The van der Waals surface area contributed by atoms with Crippen LogP contribution in [0.25, 0.3) is 0 Å². The van der Waals surface area contributed by atoms with Crippen LogP contribution in [0.2, 0.25) is 4.34 Å². The molecule has 2 rings (SSSR count). The van der Waals surface area contributed by atoms with E-state index in [1.807, 2.05) is 19.1 Å². The molecule has 0 radical (unpaired) electrons. The summed E-state index contributed by atoms with van der Waals surface area (Å²) in [5.41, 5.74) is 2.22. The third-order valence-electron chi connectivity index (χ3n) is 2.51. The van der Waals surface area contributed by atoms with Crippen LogP contribution >= 0.6 is 22.9 Å². The van der Waals surface area contributed by atoms with Crippen LogP contribution in [-0.4, -0.2) is 9.97 Å². The van der Waals surface area contributed by atoms with Crippen molar-refractivity contribution in [1.29, 1.82) is 0 Å². The summed E-state index contributed by atoms with van der Waals surface area (Å²) in [6.45, 7) is 4.75. The quantitative estimate of drug-likeness (QED) is 0.923. The van der Waals surface area contributed by atoms with E-state index in [4.69, 9.17) is 11.6 Å². The maximum atomic E-state index is 5.91. The third kappa shape index (κ3) is 3.49. The molecule has 0 bridgehead atoms. The predicted molar refractivity (Wildman–Crippen MR) is 71.4 cm³/mol. The van der Waals surface area contributed by atoms with Crippen LogP contribution in [0.1, 0.15) is 30.0 Å². The van der Waals surface area contributed by atoms with Gasteiger partial charge in [-0.15, -0.1) is 11.3 Å². The number of aryl methyl sites for hydroxylation is 1. The number of hydrogen-bond acceptors (Lipinski definition) is 4. The molecule has 0 fully saturated rings. The highest BCUT2D eigenvalue weighted by Crippen LogP contribution is 2.24. The summed E-state index contributed by atoms with van der Waals surface area (Å²) in [6.07, 6.45) is 1.78. The van der Waals surface area contributed by atoms with Crippen molar-refractivity contribution in [2.24, 2.45) is 0 Å². The van der Waals surface area contributed by atoms with E-state index >= 15 is 0 Å². The van der Waals surface area contributed by atoms with Gasteiger partial charge in [-0.25, -0.2) is 9.97 Å². The lowest BCUT2D eigenvalue weighted by atomic mass is 10.2. The fraction of sp³-hybridized carbons (Fsp3) is 0.333. The Morgan fingerprint density at radius 2 is 2.35 bits per heavy atom.